The van der Waals surface area contributed by atoms with Crippen molar-refractivity contribution in [1.82, 2.24) is 20.2 Å². The number of fused-ring (bicyclic) bond motifs is 1. The predicted octanol–water partition coefficient (Wildman–Crippen LogP) is 2.74. The Bertz CT molecular complexity index is 1410. The second-order valence-corrected chi connectivity index (χ2v) is 10.4. The molecule has 8 nitrogen and oxygen atoms in total. The van der Waals surface area contributed by atoms with Crippen molar-refractivity contribution in [2.45, 2.75) is 17.9 Å². The van der Waals surface area contributed by atoms with Gasteiger partial charge in [-0.2, -0.15) is 0 Å². The van der Waals surface area contributed by atoms with Crippen molar-refractivity contribution in [2.24, 2.45) is 5.14 Å². The Morgan fingerprint density at radius 3 is 2.39 bits per heavy atom. The Kier molecular flexibility index (Phi) is 6.46. The van der Waals surface area contributed by atoms with Gasteiger partial charge in [0.15, 0.2) is 0 Å². The monoisotopic (exact) mass is 506 g/mol. The van der Waals surface area contributed by atoms with Crippen molar-refractivity contribution in [3.63, 3.8) is 0 Å². The van der Waals surface area contributed by atoms with Crippen LogP contribution in [0.2, 0.25) is 0 Å². The molecule has 36 heavy (non-hydrogen) atoms. The average molecular weight is 507 g/mol. The number of anilines is 1. The molecule has 0 unspecified atom stereocenters. The summed E-state index contributed by atoms with van der Waals surface area (Å²) in [6.07, 6.45) is 4.35. The van der Waals surface area contributed by atoms with E-state index in [1.54, 1.807) is 30.6 Å². The van der Waals surface area contributed by atoms with Crippen molar-refractivity contribution in [1.29, 1.82) is 0 Å². The van der Waals surface area contributed by atoms with Crippen LogP contribution >= 0.6 is 0 Å². The summed E-state index contributed by atoms with van der Waals surface area (Å²) in [5.41, 5.74) is 4.95. The molecule has 0 radical (unpaired) electrons. The lowest BCUT2D eigenvalue weighted by molar-refractivity contribution is 0.300. The Morgan fingerprint density at radius 1 is 1.03 bits per heavy atom. The second-order valence-electron chi connectivity index (χ2n) is 8.87. The molecule has 10 heteroatoms. The molecule has 0 bridgehead atoms. The zero-order valence-corrected chi connectivity index (χ0v) is 20.5. The summed E-state index contributed by atoms with van der Waals surface area (Å²) >= 11 is 0. The molecule has 186 valence electrons. The third kappa shape index (κ3) is 5.09. The fourth-order valence-electron chi connectivity index (χ4n) is 4.52. The van der Waals surface area contributed by atoms with Crippen LogP contribution in [-0.4, -0.2) is 49.5 Å². The third-order valence-corrected chi connectivity index (χ3v) is 7.48. The molecule has 1 aliphatic carbocycles. The smallest absolute Gasteiger partial charge is 0.238 e. The molecule has 2 aliphatic rings. The van der Waals surface area contributed by atoms with Gasteiger partial charge in [-0.1, -0.05) is 30.8 Å². The zero-order chi connectivity index (χ0) is 25.3. The minimum absolute atomic E-state index is 0.0921. The molecule has 1 fully saturated rings. The van der Waals surface area contributed by atoms with Crippen LogP contribution in [0.25, 0.3) is 11.6 Å². The van der Waals surface area contributed by atoms with E-state index in [9.17, 15) is 12.8 Å². The van der Waals surface area contributed by atoms with E-state index in [4.69, 9.17) is 5.14 Å². The Labute approximate surface area is 210 Å². The molecule has 1 aromatic heterocycles. The van der Waals surface area contributed by atoms with Crippen molar-refractivity contribution in [2.75, 3.05) is 31.1 Å². The summed E-state index contributed by atoms with van der Waals surface area (Å²) in [4.78, 5) is 13.6. The molecule has 2 aromatic carbocycles. The molecule has 5 rings (SSSR count). The van der Waals surface area contributed by atoms with Crippen molar-refractivity contribution >= 4 is 27.5 Å². The number of primary sulfonamides is 1. The van der Waals surface area contributed by atoms with Gasteiger partial charge in [0, 0.05) is 44.7 Å². The summed E-state index contributed by atoms with van der Waals surface area (Å²) in [6, 6.07) is 13.0. The Balaban J connectivity index is 1.23. The summed E-state index contributed by atoms with van der Waals surface area (Å²) in [5, 5.41) is 8.55. The number of hydrogen-bond acceptors (Lipinski definition) is 7. The lowest BCUT2D eigenvalue weighted by atomic mass is 10.1. The number of piperazine rings is 1. The van der Waals surface area contributed by atoms with Gasteiger partial charge in [-0.15, -0.1) is 0 Å². The maximum absolute atomic E-state index is 13.1. The van der Waals surface area contributed by atoms with Crippen LogP contribution in [0, 0.1) is 5.82 Å². The van der Waals surface area contributed by atoms with Gasteiger partial charge in [-0.05, 0) is 47.0 Å². The van der Waals surface area contributed by atoms with Gasteiger partial charge in [0.1, 0.15) is 18.0 Å². The number of nitrogens with zero attached hydrogens (tertiary/aromatic N) is 4. The molecular formula is C26H27FN6O2S. The van der Waals surface area contributed by atoms with Gasteiger partial charge in [0.25, 0.3) is 0 Å². The fourth-order valence-corrected chi connectivity index (χ4v) is 5.03. The van der Waals surface area contributed by atoms with E-state index < -0.39 is 10.0 Å². The predicted molar refractivity (Wildman–Crippen MR) is 138 cm³/mol. The van der Waals surface area contributed by atoms with Crippen LogP contribution in [0.5, 0.6) is 0 Å². The minimum atomic E-state index is -3.73. The molecule has 3 aromatic rings. The number of hydrogen-bond donors (Lipinski definition) is 2. The standard InChI is InChI=1S/C26H27FN6O2S/c1-18(29-16-19-2-6-22(27)7-3-19)32-10-12-33(13-11-32)26-24-14-21(15-25(24)30-17-31-26)20-4-8-23(9-5-20)36(28,34)35/h2-9,14,17,29H,1,10-13,15-16H2,(H2,28,34,35). The number of rotatable bonds is 7. The van der Waals surface area contributed by atoms with Gasteiger partial charge in [0.2, 0.25) is 10.0 Å². The van der Waals surface area contributed by atoms with E-state index in [1.165, 1.54) is 24.3 Å². The van der Waals surface area contributed by atoms with Gasteiger partial charge >= 0.3 is 0 Å². The van der Waals surface area contributed by atoms with E-state index >= 15 is 0 Å². The molecule has 2 heterocycles. The third-order valence-electron chi connectivity index (χ3n) is 6.55. The van der Waals surface area contributed by atoms with E-state index in [2.05, 4.69) is 37.7 Å². The normalized spacial score (nSPS) is 15.4. The van der Waals surface area contributed by atoms with Crippen molar-refractivity contribution in [3.05, 3.63) is 95.5 Å². The van der Waals surface area contributed by atoms with Crippen LogP contribution in [0.4, 0.5) is 10.2 Å². The van der Waals surface area contributed by atoms with Gasteiger partial charge in [-0.25, -0.2) is 27.9 Å². The van der Waals surface area contributed by atoms with Crippen molar-refractivity contribution < 1.29 is 12.8 Å². The van der Waals surface area contributed by atoms with Gasteiger partial charge < -0.3 is 15.1 Å². The quantitative estimate of drug-likeness (QED) is 0.508. The lowest BCUT2D eigenvalue weighted by Gasteiger charge is -2.38. The zero-order valence-electron chi connectivity index (χ0n) is 19.7. The maximum Gasteiger partial charge on any atom is 0.238 e. The van der Waals surface area contributed by atoms with Crippen LogP contribution in [0.15, 0.2) is 72.2 Å². The van der Waals surface area contributed by atoms with Gasteiger partial charge in [0.05, 0.1) is 16.4 Å². The van der Waals surface area contributed by atoms with E-state index in [1.807, 2.05) is 0 Å². The van der Waals surface area contributed by atoms with E-state index in [0.29, 0.717) is 13.0 Å². The Hall–Kier alpha value is -3.76. The highest BCUT2D eigenvalue weighted by Gasteiger charge is 2.25. The van der Waals surface area contributed by atoms with Crippen molar-refractivity contribution in [3.8, 4) is 0 Å². The van der Waals surface area contributed by atoms with Crippen LogP contribution < -0.4 is 15.4 Å². The second kappa shape index (κ2) is 9.71. The number of benzene rings is 2. The minimum Gasteiger partial charge on any atom is -0.368 e. The molecular weight excluding hydrogens is 479 g/mol. The molecule has 0 saturated carbocycles. The SMILES string of the molecule is C=C(NCc1ccc(F)cc1)N1CCN(c2ncnc3c2C=C(c2ccc(S(N)(=O)=O)cc2)C3)CC1. The first kappa shape index (κ1) is 24.0. The highest BCUT2D eigenvalue weighted by Crippen LogP contribution is 2.35. The van der Waals surface area contributed by atoms with E-state index in [0.717, 1.165) is 65.8 Å². The number of sulfonamides is 1. The van der Waals surface area contributed by atoms with Crippen LogP contribution in [0.3, 0.4) is 0 Å². The topological polar surface area (TPSA) is 104 Å². The Morgan fingerprint density at radius 2 is 1.72 bits per heavy atom. The summed E-state index contributed by atoms with van der Waals surface area (Å²) in [5.74, 6) is 1.50. The number of aromatic nitrogens is 2. The summed E-state index contributed by atoms with van der Waals surface area (Å²) in [6.45, 7) is 7.91. The largest absolute Gasteiger partial charge is 0.368 e. The lowest BCUT2D eigenvalue weighted by Crippen LogP contribution is -2.48. The fraction of sp³-hybridized carbons (Fsp3) is 0.231. The molecule has 1 aliphatic heterocycles. The molecule has 3 N–H and O–H groups in total. The summed E-state index contributed by atoms with van der Waals surface area (Å²) < 4.78 is 36.2. The first-order valence-corrected chi connectivity index (χ1v) is 13.2. The number of nitrogens with one attached hydrogen (secondary N) is 1. The van der Waals surface area contributed by atoms with Crippen LogP contribution in [0.1, 0.15) is 22.4 Å². The summed E-state index contributed by atoms with van der Waals surface area (Å²) in [7, 11) is -3.73. The molecule has 0 atom stereocenters. The first-order valence-electron chi connectivity index (χ1n) is 11.6. The number of nitrogens with two attached hydrogens (primary N) is 1. The maximum atomic E-state index is 13.1. The van der Waals surface area contributed by atoms with Crippen LogP contribution in [-0.2, 0) is 23.0 Å². The molecule has 0 amide bonds. The first-order chi connectivity index (χ1) is 17.3. The highest BCUT2D eigenvalue weighted by atomic mass is 32.2. The molecule has 1 saturated heterocycles. The van der Waals surface area contributed by atoms with Gasteiger partial charge in [-0.3, -0.25) is 0 Å². The number of allylic oxidation sites excluding steroid dienone is 1. The van der Waals surface area contributed by atoms with E-state index in [-0.39, 0.29) is 10.7 Å². The number of halogens is 1. The molecule has 0 spiro atoms. The average Bonchev–Trinajstić information content (AvgIpc) is 3.32. The highest BCUT2D eigenvalue weighted by molar-refractivity contribution is 7.89.